The zero-order valence-corrected chi connectivity index (χ0v) is 14.2. The smallest absolute Gasteiger partial charge is 0.249 e. The third kappa shape index (κ3) is 5.14. The van der Waals surface area contributed by atoms with Crippen molar-refractivity contribution in [2.24, 2.45) is 5.92 Å². The summed E-state index contributed by atoms with van der Waals surface area (Å²) in [6, 6.07) is 9.35. The Morgan fingerprint density at radius 1 is 1.17 bits per heavy atom. The van der Waals surface area contributed by atoms with Crippen LogP contribution in [0.3, 0.4) is 0 Å². The lowest BCUT2D eigenvalue weighted by Gasteiger charge is -2.19. The maximum atomic E-state index is 12.3. The Morgan fingerprint density at radius 3 is 2.48 bits per heavy atom. The summed E-state index contributed by atoms with van der Waals surface area (Å²) in [5.41, 5.74) is 1.14. The Balaban J connectivity index is 2.00. The third-order valence-electron chi connectivity index (χ3n) is 3.20. The Kier molecular flexibility index (Phi) is 5.81. The van der Waals surface area contributed by atoms with Crippen LogP contribution in [0, 0.1) is 5.92 Å². The van der Waals surface area contributed by atoms with E-state index in [-0.39, 0.29) is 17.7 Å². The largest absolute Gasteiger partial charge is 0.344 e. The van der Waals surface area contributed by atoms with Gasteiger partial charge in [-0.1, -0.05) is 55.5 Å². The number of hydrogen-bond donors (Lipinski definition) is 2. The average molecular weight is 332 g/mol. The van der Waals surface area contributed by atoms with Crippen molar-refractivity contribution < 1.29 is 9.59 Å². The number of anilines is 1. The molecule has 2 aromatic rings. The first-order valence-electron chi connectivity index (χ1n) is 7.40. The van der Waals surface area contributed by atoms with E-state index < -0.39 is 6.04 Å². The summed E-state index contributed by atoms with van der Waals surface area (Å²) >= 11 is 1.34. The number of aromatic nitrogens is 2. The van der Waals surface area contributed by atoms with E-state index >= 15 is 0 Å². The van der Waals surface area contributed by atoms with Gasteiger partial charge in [0.05, 0.1) is 0 Å². The summed E-state index contributed by atoms with van der Waals surface area (Å²) in [6.07, 6.45) is 0.674. The number of carbonyl (C=O) groups excluding carboxylic acids is 2. The van der Waals surface area contributed by atoms with Crippen LogP contribution in [-0.2, 0) is 16.0 Å². The van der Waals surface area contributed by atoms with E-state index in [0.29, 0.717) is 11.6 Å². The van der Waals surface area contributed by atoms with Crippen molar-refractivity contribution in [3.8, 4) is 0 Å². The molecule has 0 unspecified atom stereocenters. The molecular weight excluding hydrogens is 312 g/mol. The van der Waals surface area contributed by atoms with E-state index in [1.807, 2.05) is 44.2 Å². The van der Waals surface area contributed by atoms with Crippen LogP contribution in [0.25, 0.3) is 0 Å². The molecule has 0 bridgehead atoms. The molecule has 0 saturated heterocycles. The molecule has 0 aliphatic carbocycles. The minimum atomic E-state index is -0.589. The van der Waals surface area contributed by atoms with Gasteiger partial charge in [-0.2, -0.15) is 0 Å². The molecule has 1 atom stereocenters. The van der Waals surface area contributed by atoms with Gasteiger partial charge in [-0.05, 0) is 11.5 Å². The van der Waals surface area contributed by atoms with Crippen molar-refractivity contribution >= 4 is 28.3 Å². The second-order valence-corrected chi connectivity index (χ2v) is 6.64. The molecule has 2 amide bonds. The van der Waals surface area contributed by atoms with Gasteiger partial charge in [0.2, 0.25) is 16.9 Å². The molecule has 7 heteroatoms. The van der Waals surface area contributed by atoms with Crippen molar-refractivity contribution in [1.82, 2.24) is 15.5 Å². The lowest BCUT2D eigenvalue weighted by Crippen LogP contribution is -2.46. The number of rotatable bonds is 6. The zero-order chi connectivity index (χ0) is 16.8. The molecule has 23 heavy (non-hydrogen) atoms. The SMILES string of the molecule is CC(=O)N[C@H](C(=O)Nc1nnc(Cc2ccccc2)s1)C(C)C. The van der Waals surface area contributed by atoms with Gasteiger partial charge in [-0.15, -0.1) is 10.2 Å². The number of hydrogen-bond acceptors (Lipinski definition) is 5. The molecule has 2 N–H and O–H groups in total. The highest BCUT2D eigenvalue weighted by Crippen LogP contribution is 2.19. The normalized spacial score (nSPS) is 12.0. The van der Waals surface area contributed by atoms with Crippen LogP contribution in [0.1, 0.15) is 31.3 Å². The molecule has 1 heterocycles. The predicted molar refractivity (Wildman–Crippen MR) is 90.2 cm³/mol. The van der Waals surface area contributed by atoms with Crippen LogP contribution in [0.15, 0.2) is 30.3 Å². The van der Waals surface area contributed by atoms with Crippen molar-refractivity contribution in [2.75, 3.05) is 5.32 Å². The summed E-state index contributed by atoms with van der Waals surface area (Å²) in [5, 5.41) is 14.7. The van der Waals surface area contributed by atoms with Gasteiger partial charge in [-0.3, -0.25) is 14.9 Å². The highest BCUT2D eigenvalue weighted by atomic mass is 32.1. The molecule has 0 aliphatic heterocycles. The number of benzene rings is 1. The van der Waals surface area contributed by atoms with Crippen LogP contribution in [-0.4, -0.2) is 28.1 Å². The summed E-state index contributed by atoms with van der Waals surface area (Å²) in [5.74, 6) is -0.533. The van der Waals surface area contributed by atoms with Gasteiger partial charge in [0.15, 0.2) is 0 Å². The maximum absolute atomic E-state index is 12.3. The molecule has 122 valence electrons. The monoisotopic (exact) mass is 332 g/mol. The van der Waals surface area contributed by atoms with Gasteiger partial charge >= 0.3 is 0 Å². The lowest BCUT2D eigenvalue weighted by molar-refractivity contribution is -0.126. The minimum Gasteiger partial charge on any atom is -0.344 e. The number of nitrogens with one attached hydrogen (secondary N) is 2. The number of carbonyl (C=O) groups is 2. The fraction of sp³-hybridized carbons (Fsp3) is 0.375. The maximum Gasteiger partial charge on any atom is 0.249 e. The van der Waals surface area contributed by atoms with Crippen LogP contribution in [0.4, 0.5) is 5.13 Å². The molecule has 2 rings (SSSR count). The molecule has 1 aromatic carbocycles. The van der Waals surface area contributed by atoms with Crippen LogP contribution < -0.4 is 10.6 Å². The zero-order valence-electron chi connectivity index (χ0n) is 13.4. The first-order chi connectivity index (χ1) is 11.0. The second-order valence-electron chi connectivity index (χ2n) is 5.57. The van der Waals surface area contributed by atoms with E-state index in [0.717, 1.165) is 10.6 Å². The fourth-order valence-corrected chi connectivity index (χ4v) is 2.86. The summed E-state index contributed by atoms with van der Waals surface area (Å²) in [7, 11) is 0. The lowest BCUT2D eigenvalue weighted by atomic mass is 10.0. The highest BCUT2D eigenvalue weighted by Gasteiger charge is 2.24. The topological polar surface area (TPSA) is 84.0 Å². The van der Waals surface area contributed by atoms with E-state index in [9.17, 15) is 9.59 Å². The molecule has 1 aromatic heterocycles. The van der Waals surface area contributed by atoms with E-state index in [4.69, 9.17) is 0 Å². The summed E-state index contributed by atoms with van der Waals surface area (Å²) in [4.78, 5) is 23.5. The quantitative estimate of drug-likeness (QED) is 0.849. The Labute approximate surface area is 139 Å². The minimum absolute atomic E-state index is 0.0180. The van der Waals surface area contributed by atoms with Gasteiger partial charge < -0.3 is 5.32 Å². The van der Waals surface area contributed by atoms with Crippen LogP contribution in [0.5, 0.6) is 0 Å². The van der Waals surface area contributed by atoms with Crippen LogP contribution in [0.2, 0.25) is 0 Å². The molecule has 0 aliphatic rings. The standard InChI is InChI=1S/C16H20N4O2S/c1-10(2)14(17-11(3)21)15(22)18-16-20-19-13(23-16)9-12-7-5-4-6-8-12/h4-8,10,14H,9H2,1-3H3,(H,17,21)(H,18,20,22)/t14-/m0/s1. The van der Waals surface area contributed by atoms with Crippen LogP contribution >= 0.6 is 11.3 Å². The summed E-state index contributed by atoms with van der Waals surface area (Å²) < 4.78 is 0. The Bertz CT molecular complexity index is 670. The van der Waals surface area contributed by atoms with Crippen molar-refractivity contribution in [2.45, 2.75) is 33.2 Å². The molecular formula is C16H20N4O2S. The van der Waals surface area contributed by atoms with Gasteiger partial charge in [0.25, 0.3) is 0 Å². The van der Waals surface area contributed by atoms with E-state index in [1.54, 1.807) is 0 Å². The molecule has 0 spiro atoms. The van der Waals surface area contributed by atoms with Crippen molar-refractivity contribution in [1.29, 1.82) is 0 Å². The fourth-order valence-electron chi connectivity index (χ4n) is 2.08. The van der Waals surface area contributed by atoms with E-state index in [1.165, 1.54) is 18.3 Å². The average Bonchev–Trinajstić information content (AvgIpc) is 2.92. The van der Waals surface area contributed by atoms with E-state index in [2.05, 4.69) is 20.8 Å². The number of nitrogens with zero attached hydrogens (tertiary/aromatic N) is 2. The Hall–Kier alpha value is -2.28. The molecule has 0 fully saturated rings. The van der Waals surface area contributed by atoms with Crippen molar-refractivity contribution in [3.63, 3.8) is 0 Å². The predicted octanol–water partition coefficient (Wildman–Crippen LogP) is 2.23. The molecule has 0 radical (unpaired) electrons. The summed E-state index contributed by atoms with van der Waals surface area (Å²) in [6.45, 7) is 5.15. The Morgan fingerprint density at radius 2 is 1.87 bits per heavy atom. The first-order valence-corrected chi connectivity index (χ1v) is 8.21. The second kappa shape index (κ2) is 7.82. The van der Waals surface area contributed by atoms with Crippen molar-refractivity contribution in [3.05, 3.63) is 40.9 Å². The molecule has 6 nitrogen and oxygen atoms in total. The first kappa shape index (κ1) is 17.1. The van der Waals surface area contributed by atoms with Gasteiger partial charge in [0.1, 0.15) is 11.0 Å². The third-order valence-corrected chi connectivity index (χ3v) is 4.04. The number of amides is 2. The highest BCUT2D eigenvalue weighted by molar-refractivity contribution is 7.15. The molecule has 0 saturated carbocycles. The van der Waals surface area contributed by atoms with Gasteiger partial charge in [-0.25, -0.2) is 0 Å². The van der Waals surface area contributed by atoms with Gasteiger partial charge in [0, 0.05) is 13.3 Å².